The van der Waals surface area contributed by atoms with Gasteiger partial charge >= 0.3 is 6.01 Å². The molecule has 1 fully saturated rings. The molecule has 1 amide bonds. The van der Waals surface area contributed by atoms with Gasteiger partial charge < -0.3 is 19.5 Å². The molecule has 0 unspecified atom stereocenters. The van der Waals surface area contributed by atoms with Crippen LogP contribution in [-0.4, -0.2) is 36.2 Å². The van der Waals surface area contributed by atoms with Gasteiger partial charge in [0, 0.05) is 30.6 Å². The highest BCUT2D eigenvalue weighted by atomic mass is 19.1. The van der Waals surface area contributed by atoms with E-state index >= 15 is 0 Å². The topological polar surface area (TPSA) is 80.5 Å². The summed E-state index contributed by atoms with van der Waals surface area (Å²) < 4.78 is 37.5. The molecule has 0 spiro atoms. The fourth-order valence-electron chi connectivity index (χ4n) is 3.36. The van der Waals surface area contributed by atoms with Crippen molar-refractivity contribution in [3.05, 3.63) is 54.1 Å². The fourth-order valence-corrected chi connectivity index (χ4v) is 3.36. The zero-order chi connectivity index (χ0) is 21.1. The Labute approximate surface area is 171 Å². The molecule has 0 saturated carbocycles. The van der Waals surface area contributed by atoms with E-state index in [1.54, 1.807) is 7.11 Å². The lowest BCUT2D eigenvalue weighted by Gasteiger charge is -2.29. The zero-order valence-corrected chi connectivity index (χ0v) is 16.3. The number of hydrogen-bond acceptors (Lipinski definition) is 6. The number of piperidine rings is 1. The molecule has 7 nitrogen and oxygen atoms in total. The lowest BCUT2D eigenvalue weighted by Crippen LogP contribution is -2.38. The minimum Gasteiger partial charge on any atom is -0.497 e. The second-order valence-corrected chi connectivity index (χ2v) is 7.00. The standard InChI is InChI=1S/C21H20F2N4O3/c1-29-16-5-2-13(3-6-16)19-25-21(30-26-19)27-10-8-14(9-11-27)20(28)24-18-12-15(22)4-7-17(18)23/h2-7,12,14H,8-11H2,1H3,(H,24,28). The van der Waals surface area contributed by atoms with E-state index in [0.29, 0.717) is 37.8 Å². The molecule has 0 bridgehead atoms. The number of rotatable bonds is 5. The second kappa shape index (κ2) is 8.48. The third-order valence-electron chi connectivity index (χ3n) is 5.09. The summed E-state index contributed by atoms with van der Waals surface area (Å²) >= 11 is 0. The largest absolute Gasteiger partial charge is 0.497 e. The molecule has 1 aliphatic heterocycles. The molecule has 1 aliphatic rings. The smallest absolute Gasteiger partial charge is 0.324 e. The molecule has 2 aromatic carbocycles. The summed E-state index contributed by atoms with van der Waals surface area (Å²) in [6, 6.07) is 10.7. The van der Waals surface area contributed by atoms with Gasteiger partial charge in [-0.3, -0.25) is 4.79 Å². The number of carbonyl (C=O) groups is 1. The van der Waals surface area contributed by atoms with Gasteiger partial charge in [-0.25, -0.2) is 8.78 Å². The molecule has 2 heterocycles. The van der Waals surface area contributed by atoms with Crippen LogP contribution in [0.4, 0.5) is 20.5 Å². The van der Waals surface area contributed by atoms with Gasteiger partial charge in [-0.15, -0.1) is 0 Å². The van der Waals surface area contributed by atoms with Gasteiger partial charge in [0.25, 0.3) is 0 Å². The minimum absolute atomic E-state index is 0.150. The van der Waals surface area contributed by atoms with Crippen molar-refractivity contribution in [2.75, 3.05) is 30.4 Å². The summed E-state index contributed by atoms with van der Waals surface area (Å²) in [4.78, 5) is 18.8. The molecule has 0 radical (unpaired) electrons. The van der Waals surface area contributed by atoms with Crippen LogP contribution in [-0.2, 0) is 4.79 Å². The van der Waals surface area contributed by atoms with Crippen LogP contribution in [0, 0.1) is 17.6 Å². The Hall–Kier alpha value is -3.49. The van der Waals surface area contributed by atoms with Crippen molar-refractivity contribution in [2.45, 2.75) is 12.8 Å². The maximum absolute atomic E-state index is 13.7. The van der Waals surface area contributed by atoms with Crippen LogP contribution in [0.5, 0.6) is 5.75 Å². The Morgan fingerprint density at radius 2 is 1.90 bits per heavy atom. The lowest BCUT2D eigenvalue weighted by atomic mass is 9.96. The van der Waals surface area contributed by atoms with Crippen LogP contribution < -0.4 is 15.0 Å². The van der Waals surface area contributed by atoms with Gasteiger partial charge in [-0.2, -0.15) is 4.98 Å². The molecular formula is C21H20F2N4O3. The first-order chi connectivity index (χ1) is 14.5. The first-order valence-electron chi connectivity index (χ1n) is 9.52. The van der Waals surface area contributed by atoms with E-state index in [1.807, 2.05) is 29.2 Å². The number of ether oxygens (including phenoxy) is 1. The highest BCUT2D eigenvalue weighted by molar-refractivity contribution is 5.92. The SMILES string of the molecule is COc1ccc(-c2noc(N3CCC(C(=O)Nc4cc(F)ccc4F)CC3)n2)cc1. The molecule has 0 aliphatic carbocycles. The Bertz CT molecular complexity index is 1030. The molecule has 1 aromatic heterocycles. The van der Waals surface area contributed by atoms with E-state index in [1.165, 1.54) is 0 Å². The maximum Gasteiger partial charge on any atom is 0.324 e. The average Bonchev–Trinajstić information content (AvgIpc) is 3.27. The second-order valence-electron chi connectivity index (χ2n) is 7.00. The van der Waals surface area contributed by atoms with Crippen LogP contribution in [0.25, 0.3) is 11.4 Å². The number of anilines is 2. The van der Waals surface area contributed by atoms with Crippen molar-refractivity contribution in [3.63, 3.8) is 0 Å². The van der Waals surface area contributed by atoms with Crippen molar-refractivity contribution < 1.29 is 22.8 Å². The van der Waals surface area contributed by atoms with Crippen LogP contribution in [0.1, 0.15) is 12.8 Å². The normalized spacial score (nSPS) is 14.6. The van der Waals surface area contributed by atoms with Crippen LogP contribution >= 0.6 is 0 Å². The Kier molecular flexibility index (Phi) is 5.60. The Morgan fingerprint density at radius 3 is 2.60 bits per heavy atom. The molecule has 4 rings (SSSR count). The Morgan fingerprint density at radius 1 is 1.17 bits per heavy atom. The Balaban J connectivity index is 1.36. The van der Waals surface area contributed by atoms with Gasteiger partial charge in [-0.05, 0) is 49.2 Å². The summed E-state index contributed by atoms with van der Waals surface area (Å²) in [5.74, 6) is -0.712. The lowest BCUT2D eigenvalue weighted by molar-refractivity contribution is -0.120. The highest BCUT2D eigenvalue weighted by Gasteiger charge is 2.28. The maximum atomic E-state index is 13.7. The number of hydrogen-bond donors (Lipinski definition) is 1. The van der Waals surface area contributed by atoms with Crippen molar-refractivity contribution >= 4 is 17.6 Å². The molecule has 1 saturated heterocycles. The number of aromatic nitrogens is 2. The van der Waals surface area contributed by atoms with Gasteiger partial charge in [0.05, 0.1) is 12.8 Å². The third-order valence-corrected chi connectivity index (χ3v) is 5.09. The molecule has 156 valence electrons. The van der Waals surface area contributed by atoms with Crippen molar-refractivity contribution in [1.82, 2.24) is 10.1 Å². The van der Waals surface area contributed by atoms with E-state index in [0.717, 1.165) is 29.5 Å². The monoisotopic (exact) mass is 414 g/mol. The van der Waals surface area contributed by atoms with Crippen molar-refractivity contribution in [2.24, 2.45) is 5.92 Å². The molecule has 0 atom stereocenters. The minimum atomic E-state index is -0.667. The summed E-state index contributed by atoms with van der Waals surface area (Å²) in [7, 11) is 1.60. The summed E-state index contributed by atoms with van der Waals surface area (Å²) in [6.07, 6.45) is 1.06. The van der Waals surface area contributed by atoms with Gasteiger partial charge in [0.2, 0.25) is 11.7 Å². The highest BCUT2D eigenvalue weighted by Crippen LogP contribution is 2.27. The van der Waals surface area contributed by atoms with E-state index < -0.39 is 11.6 Å². The first kappa shape index (κ1) is 19.8. The molecule has 9 heteroatoms. The number of benzene rings is 2. The molecule has 3 aromatic rings. The molecule has 30 heavy (non-hydrogen) atoms. The number of methoxy groups -OCH3 is 1. The van der Waals surface area contributed by atoms with Crippen LogP contribution in [0.3, 0.4) is 0 Å². The van der Waals surface area contributed by atoms with E-state index in [-0.39, 0.29) is 17.5 Å². The average molecular weight is 414 g/mol. The summed E-state index contributed by atoms with van der Waals surface area (Å²) in [5.41, 5.74) is 0.653. The van der Waals surface area contributed by atoms with Crippen molar-refractivity contribution in [3.8, 4) is 17.1 Å². The van der Waals surface area contributed by atoms with E-state index in [9.17, 15) is 13.6 Å². The van der Waals surface area contributed by atoms with E-state index in [4.69, 9.17) is 9.26 Å². The predicted molar refractivity (Wildman–Crippen MR) is 106 cm³/mol. The van der Waals surface area contributed by atoms with Crippen molar-refractivity contribution in [1.29, 1.82) is 0 Å². The summed E-state index contributed by atoms with van der Waals surface area (Å²) in [6.45, 7) is 1.07. The number of nitrogens with one attached hydrogen (secondary N) is 1. The van der Waals surface area contributed by atoms with Gasteiger partial charge in [-0.1, -0.05) is 5.16 Å². The molecule has 1 N–H and O–H groups in total. The number of nitrogens with zero attached hydrogens (tertiary/aromatic N) is 3. The number of amides is 1. The number of halogens is 2. The predicted octanol–water partition coefficient (Wildman–Crippen LogP) is 3.88. The van der Waals surface area contributed by atoms with E-state index in [2.05, 4.69) is 15.5 Å². The van der Waals surface area contributed by atoms with Gasteiger partial charge in [0.15, 0.2) is 0 Å². The number of carbonyl (C=O) groups excluding carboxylic acids is 1. The third kappa shape index (κ3) is 4.24. The van der Waals surface area contributed by atoms with Crippen LogP contribution in [0.2, 0.25) is 0 Å². The quantitative estimate of drug-likeness (QED) is 0.683. The first-order valence-corrected chi connectivity index (χ1v) is 9.52. The van der Waals surface area contributed by atoms with Crippen LogP contribution in [0.15, 0.2) is 47.0 Å². The fraction of sp³-hybridized carbons (Fsp3) is 0.286. The summed E-state index contributed by atoms with van der Waals surface area (Å²) in [5, 5.41) is 6.50. The zero-order valence-electron chi connectivity index (χ0n) is 16.3. The van der Waals surface area contributed by atoms with Gasteiger partial charge in [0.1, 0.15) is 17.4 Å². The molecular weight excluding hydrogens is 394 g/mol.